The minimum atomic E-state index is 0.575. The number of halogens is 2. The number of rotatable bonds is 2. The molecule has 94 valence electrons. The molecule has 2 heterocycles. The second kappa shape index (κ2) is 5.11. The number of aromatic nitrogens is 4. The van der Waals surface area contributed by atoms with Gasteiger partial charge in [-0.3, -0.25) is 4.57 Å². The molecule has 0 radical (unpaired) electrons. The van der Waals surface area contributed by atoms with E-state index < -0.39 is 0 Å². The third-order valence-corrected chi connectivity index (χ3v) is 3.23. The molecule has 0 aliphatic carbocycles. The Labute approximate surface area is 123 Å². The number of hydrogen-bond acceptors (Lipinski definition) is 3. The molecule has 0 atom stereocenters. The van der Waals surface area contributed by atoms with Gasteiger partial charge in [-0.15, -0.1) is 0 Å². The second-order valence-electron chi connectivity index (χ2n) is 3.85. The summed E-state index contributed by atoms with van der Waals surface area (Å²) in [4.78, 5) is 12.8. The van der Waals surface area contributed by atoms with Crippen molar-refractivity contribution in [3.63, 3.8) is 0 Å². The molecule has 6 heteroatoms. The molecule has 0 aliphatic heterocycles. The molecule has 4 nitrogen and oxygen atoms in total. The summed E-state index contributed by atoms with van der Waals surface area (Å²) >= 11 is 9.18. The number of imidazole rings is 1. The van der Waals surface area contributed by atoms with Crippen LogP contribution in [0.3, 0.4) is 0 Å². The molecule has 1 aromatic carbocycles. The van der Waals surface area contributed by atoms with Gasteiger partial charge in [-0.25, -0.2) is 15.0 Å². The highest BCUT2D eigenvalue weighted by Crippen LogP contribution is 2.20. The maximum Gasteiger partial charge on any atom is 0.235 e. The maximum absolute atomic E-state index is 5.88. The summed E-state index contributed by atoms with van der Waals surface area (Å²) in [6.07, 6.45) is 5.19. The van der Waals surface area contributed by atoms with E-state index in [0.29, 0.717) is 11.0 Å². The lowest BCUT2D eigenvalue weighted by Crippen LogP contribution is -1.99. The molecule has 0 N–H and O–H groups in total. The van der Waals surface area contributed by atoms with Crippen molar-refractivity contribution < 1.29 is 0 Å². The molecular weight excluding hydrogens is 328 g/mol. The van der Waals surface area contributed by atoms with Crippen LogP contribution in [0, 0.1) is 0 Å². The summed E-state index contributed by atoms with van der Waals surface area (Å²) in [6, 6.07) is 9.40. The molecule has 0 saturated heterocycles. The summed E-state index contributed by atoms with van der Waals surface area (Å²) in [7, 11) is 0. The fraction of sp³-hybridized carbons (Fsp3) is 0. The van der Waals surface area contributed by atoms with Crippen molar-refractivity contribution in [2.24, 2.45) is 0 Å². The van der Waals surface area contributed by atoms with Crippen molar-refractivity contribution in [3.8, 4) is 17.2 Å². The summed E-state index contributed by atoms with van der Waals surface area (Å²) in [5.41, 5.74) is 1.83. The van der Waals surface area contributed by atoms with Crippen LogP contribution < -0.4 is 0 Å². The van der Waals surface area contributed by atoms with Gasteiger partial charge >= 0.3 is 0 Å². The molecular formula is C13H8BrClN4. The van der Waals surface area contributed by atoms with Crippen molar-refractivity contribution in [3.05, 3.63) is 58.7 Å². The smallest absolute Gasteiger partial charge is 0.235 e. The van der Waals surface area contributed by atoms with Gasteiger partial charge < -0.3 is 0 Å². The lowest BCUT2D eigenvalue weighted by atomic mass is 10.1. The molecule has 0 aliphatic rings. The van der Waals surface area contributed by atoms with Gasteiger partial charge in [0.25, 0.3) is 0 Å². The van der Waals surface area contributed by atoms with E-state index in [4.69, 9.17) is 11.6 Å². The fourth-order valence-corrected chi connectivity index (χ4v) is 2.10. The van der Waals surface area contributed by atoms with Crippen LogP contribution in [0.25, 0.3) is 17.2 Å². The van der Waals surface area contributed by atoms with Crippen molar-refractivity contribution in [1.82, 2.24) is 19.5 Å². The molecule has 0 bridgehead atoms. The molecule has 0 unspecified atom stereocenters. The predicted octanol–water partition coefficient (Wildman–Crippen LogP) is 3.75. The topological polar surface area (TPSA) is 43.6 Å². The Kier molecular flexibility index (Phi) is 3.31. The fourth-order valence-electron chi connectivity index (χ4n) is 1.66. The van der Waals surface area contributed by atoms with Crippen molar-refractivity contribution in [2.45, 2.75) is 0 Å². The Morgan fingerprint density at radius 2 is 1.84 bits per heavy atom. The van der Waals surface area contributed by atoms with E-state index >= 15 is 0 Å². The van der Waals surface area contributed by atoms with Crippen LogP contribution in [0.2, 0.25) is 5.02 Å². The van der Waals surface area contributed by atoms with E-state index in [1.165, 1.54) is 0 Å². The number of benzene rings is 1. The quantitative estimate of drug-likeness (QED) is 0.716. The van der Waals surface area contributed by atoms with Crippen LogP contribution in [-0.2, 0) is 0 Å². The molecule has 0 fully saturated rings. The van der Waals surface area contributed by atoms with Gasteiger partial charge in [0.1, 0.15) is 10.9 Å². The molecule has 0 spiro atoms. The standard InChI is InChI=1S/C13H8BrClN4/c14-12-7-19(8-17-12)13-16-6-5-11(18-13)9-1-3-10(15)4-2-9/h1-8H. The van der Waals surface area contributed by atoms with E-state index in [1.54, 1.807) is 23.3 Å². The summed E-state index contributed by atoms with van der Waals surface area (Å²) < 4.78 is 2.50. The van der Waals surface area contributed by atoms with E-state index in [0.717, 1.165) is 15.9 Å². The van der Waals surface area contributed by atoms with Crippen LogP contribution >= 0.6 is 27.5 Å². The minimum Gasteiger partial charge on any atom is -0.273 e. The first-order valence-corrected chi connectivity index (χ1v) is 6.68. The van der Waals surface area contributed by atoms with E-state index in [9.17, 15) is 0 Å². The molecule has 3 aromatic rings. The predicted molar refractivity (Wildman–Crippen MR) is 77.3 cm³/mol. The molecule has 0 saturated carbocycles. The number of nitrogens with zero attached hydrogens (tertiary/aromatic N) is 4. The Morgan fingerprint density at radius 3 is 2.53 bits per heavy atom. The average Bonchev–Trinajstić information content (AvgIpc) is 2.86. The highest BCUT2D eigenvalue weighted by Gasteiger charge is 2.05. The van der Waals surface area contributed by atoms with Crippen LogP contribution in [0.5, 0.6) is 0 Å². The van der Waals surface area contributed by atoms with Gasteiger partial charge in [-0.05, 0) is 34.1 Å². The zero-order valence-corrected chi connectivity index (χ0v) is 12.0. The third kappa shape index (κ3) is 2.67. The van der Waals surface area contributed by atoms with Gasteiger partial charge in [-0.1, -0.05) is 23.7 Å². The molecule has 0 amide bonds. The Morgan fingerprint density at radius 1 is 1.05 bits per heavy atom. The largest absolute Gasteiger partial charge is 0.273 e. The first kappa shape index (κ1) is 12.3. The first-order chi connectivity index (χ1) is 9.22. The van der Waals surface area contributed by atoms with Crippen molar-refractivity contribution >= 4 is 27.5 Å². The summed E-state index contributed by atoms with van der Waals surface area (Å²) in [5.74, 6) is 0.575. The van der Waals surface area contributed by atoms with Gasteiger partial charge in [0.05, 0.1) is 5.69 Å². The van der Waals surface area contributed by atoms with Gasteiger partial charge in [0.15, 0.2) is 0 Å². The van der Waals surface area contributed by atoms with Crippen LogP contribution in [-0.4, -0.2) is 19.5 Å². The molecule has 19 heavy (non-hydrogen) atoms. The minimum absolute atomic E-state index is 0.575. The Balaban J connectivity index is 2.02. The van der Waals surface area contributed by atoms with E-state index in [2.05, 4.69) is 30.9 Å². The average molecular weight is 336 g/mol. The molecule has 3 rings (SSSR count). The molecule has 2 aromatic heterocycles. The van der Waals surface area contributed by atoms with Crippen LogP contribution in [0.4, 0.5) is 0 Å². The van der Waals surface area contributed by atoms with E-state index in [-0.39, 0.29) is 0 Å². The van der Waals surface area contributed by atoms with Gasteiger partial charge in [-0.2, -0.15) is 0 Å². The van der Waals surface area contributed by atoms with Crippen molar-refractivity contribution in [2.75, 3.05) is 0 Å². The zero-order chi connectivity index (χ0) is 13.2. The first-order valence-electron chi connectivity index (χ1n) is 5.51. The van der Waals surface area contributed by atoms with Gasteiger partial charge in [0, 0.05) is 23.0 Å². The number of hydrogen-bond donors (Lipinski definition) is 0. The lowest BCUT2D eigenvalue weighted by Gasteiger charge is -2.04. The van der Waals surface area contributed by atoms with Gasteiger partial charge in [0.2, 0.25) is 5.95 Å². The SMILES string of the molecule is Clc1ccc(-c2ccnc(-n3cnc(Br)c3)n2)cc1. The second-order valence-corrected chi connectivity index (χ2v) is 5.10. The highest BCUT2D eigenvalue weighted by molar-refractivity contribution is 9.10. The monoisotopic (exact) mass is 334 g/mol. The third-order valence-electron chi connectivity index (χ3n) is 2.56. The van der Waals surface area contributed by atoms with Crippen molar-refractivity contribution in [1.29, 1.82) is 0 Å². The van der Waals surface area contributed by atoms with Crippen LogP contribution in [0.15, 0.2) is 53.7 Å². The maximum atomic E-state index is 5.88. The lowest BCUT2D eigenvalue weighted by molar-refractivity contribution is 0.928. The normalized spacial score (nSPS) is 10.6. The highest BCUT2D eigenvalue weighted by atomic mass is 79.9. The van der Waals surface area contributed by atoms with E-state index in [1.807, 2.05) is 30.3 Å². The summed E-state index contributed by atoms with van der Waals surface area (Å²) in [5, 5.41) is 0.705. The summed E-state index contributed by atoms with van der Waals surface area (Å²) in [6.45, 7) is 0. The Hall–Kier alpha value is -1.72. The van der Waals surface area contributed by atoms with Crippen LogP contribution in [0.1, 0.15) is 0 Å². The Bertz CT molecular complexity index is 709. The zero-order valence-electron chi connectivity index (χ0n) is 9.66.